The van der Waals surface area contributed by atoms with Gasteiger partial charge >= 0.3 is 5.97 Å². The summed E-state index contributed by atoms with van der Waals surface area (Å²) in [7, 11) is -17.0. The molecule has 23 nitrogen and oxygen atoms in total. The van der Waals surface area contributed by atoms with E-state index < -0.39 is 72.8 Å². The monoisotopic (exact) mass is 756 g/mol. The summed E-state index contributed by atoms with van der Waals surface area (Å²) in [6.07, 6.45) is -5.96. The second-order valence-corrected chi connectivity index (χ2v) is 14.7. The molecule has 0 saturated carbocycles. The van der Waals surface area contributed by atoms with Gasteiger partial charge in [-0.1, -0.05) is 12.2 Å². The lowest BCUT2D eigenvalue weighted by molar-refractivity contribution is -0.250. The number of ether oxygens (including phenoxy) is 4. The van der Waals surface area contributed by atoms with E-state index in [0.717, 1.165) is 18.4 Å². The van der Waals surface area contributed by atoms with E-state index in [-0.39, 0.29) is 38.0 Å². The number of carbonyl (C=O) groups is 2. The van der Waals surface area contributed by atoms with Crippen LogP contribution in [0, 0.1) is 11.2 Å². The molecule has 254 valence electrons. The number of phosphoric ester groups is 1. The summed E-state index contributed by atoms with van der Waals surface area (Å²) in [6, 6.07) is 0. The number of nitrogens with zero attached hydrogens (tertiary/aromatic N) is 4. The number of fused-ring (bicyclic) bond motifs is 2. The second kappa shape index (κ2) is 13.1. The number of phosphoric acid groups is 3. The Kier molecular flexibility index (Phi) is 9.86. The third-order valence-electron chi connectivity index (χ3n) is 6.11. The number of thiophene rings is 1. The van der Waals surface area contributed by atoms with Gasteiger partial charge in [0.05, 0.1) is 32.3 Å². The zero-order valence-corrected chi connectivity index (χ0v) is 27.2. The number of aromatic amines is 1. The quantitative estimate of drug-likeness (QED) is 0.0834. The summed E-state index contributed by atoms with van der Waals surface area (Å²) >= 11 is 6.00. The minimum atomic E-state index is -6.20. The molecule has 0 aliphatic carbocycles. The molecule has 0 bridgehead atoms. The Hall–Kier alpha value is -3.01. The molecule has 47 heavy (non-hydrogen) atoms. The summed E-state index contributed by atoms with van der Waals surface area (Å²) in [5.41, 5.74) is 5.80. The summed E-state index contributed by atoms with van der Waals surface area (Å²) in [6.45, 7) is 6.26. The van der Waals surface area contributed by atoms with Crippen LogP contribution in [0.5, 0.6) is 0 Å². The van der Waals surface area contributed by atoms with Gasteiger partial charge < -0.3 is 59.1 Å². The maximum absolute atomic E-state index is 13.3. The van der Waals surface area contributed by atoms with Crippen LogP contribution in [-0.4, -0.2) is 74.6 Å². The molecule has 0 aromatic carbocycles. The van der Waals surface area contributed by atoms with Crippen molar-refractivity contribution in [2.45, 2.75) is 30.8 Å². The number of hydrogen-bond acceptors (Lipinski definition) is 20. The maximum Gasteiger partial charge on any atom is 0.348 e. The highest BCUT2D eigenvalue weighted by Gasteiger charge is 2.55. The number of nitrogens with two attached hydrogens (primary N) is 1. The Balaban J connectivity index is 1.41. The van der Waals surface area contributed by atoms with Crippen LogP contribution < -0.4 is 25.7 Å². The second-order valence-electron chi connectivity index (χ2n) is 9.11. The van der Waals surface area contributed by atoms with E-state index in [1.54, 1.807) is 0 Å². The third kappa shape index (κ3) is 7.68. The standard InChI is InChI=1S/C19H20N7O16P3S2/c1-21-6-4-47-12(17(28)36-2)8(6)23-14(27)18-39-10-7(3-37-44(32,33)42-45(34,35)41-43(29,30)31)38-16(11(10)40-18)26-5-22-9-13(26)24-19(20)25-15(9)46/h4-5,7,10-11,16,18H,3H2,2H3,(H,23,27)(H,32,33)(H,34,35)(H2,29,30,31)(H3,20,24,25,46)/p-3/t7?,10?,11?,16?,18-/m1/s1. The summed E-state index contributed by atoms with van der Waals surface area (Å²) < 4.78 is 69.4. The molecule has 1 amide bonds. The number of imidazole rings is 1. The Morgan fingerprint density at radius 1 is 1.23 bits per heavy atom. The number of H-pyrrole nitrogens is 1. The van der Waals surface area contributed by atoms with Crippen LogP contribution in [0.1, 0.15) is 15.9 Å². The molecule has 0 spiro atoms. The van der Waals surface area contributed by atoms with E-state index in [0.29, 0.717) is 0 Å². The molecule has 2 saturated heterocycles. The SMILES string of the molecule is [C-]#[N+]c1csc(C(=O)OC)c1NC(=O)[C@@H]1OC2C(COP(=O)([O-])OP(=O)([O-])OP(=O)([O-])O)OC(n3cnc4c(=S)nc(N)[nH]c43)C2O1. The number of hydrogen-bond donors (Lipinski definition) is 4. The van der Waals surface area contributed by atoms with E-state index >= 15 is 0 Å². The Labute approximate surface area is 269 Å². The molecular formula is C19H17N7O16P3S2-3. The highest BCUT2D eigenvalue weighted by Crippen LogP contribution is 2.61. The topological polar surface area (TPSA) is 328 Å². The minimum Gasteiger partial charge on any atom is -0.756 e. The number of carbonyl (C=O) groups excluding carboxylic acids is 2. The lowest BCUT2D eigenvalue weighted by Gasteiger charge is -2.33. The molecule has 5 heterocycles. The van der Waals surface area contributed by atoms with Gasteiger partial charge in [0.2, 0.25) is 12.0 Å². The molecule has 5 rings (SSSR count). The zero-order chi connectivity index (χ0) is 34.5. The van der Waals surface area contributed by atoms with Gasteiger partial charge in [-0.15, -0.1) is 11.3 Å². The Morgan fingerprint density at radius 2 is 1.94 bits per heavy atom. The summed E-state index contributed by atoms with van der Waals surface area (Å²) in [5.74, 6) is -1.97. The van der Waals surface area contributed by atoms with Gasteiger partial charge in [-0.3, -0.25) is 23.1 Å². The fourth-order valence-corrected chi connectivity index (χ4v) is 8.39. The first-order valence-electron chi connectivity index (χ1n) is 12.2. The van der Waals surface area contributed by atoms with Gasteiger partial charge in [-0.05, 0) is 5.38 Å². The van der Waals surface area contributed by atoms with Crippen molar-refractivity contribution in [2.75, 3.05) is 24.8 Å². The molecule has 28 heteroatoms. The number of rotatable bonds is 11. The van der Waals surface area contributed by atoms with Crippen molar-refractivity contribution < 1.29 is 75.0 Å². The smallest absolute Gasteiger partial charge is 0.348 e. The molecule has 2 fully saturated rings. The Bertz CT molecular complexity index is 1990. The van der Waals surface area contributed by atoms with E-state index in [1.165, 1.54) is 16.3 Å². The van der Waals surface area contributed by atoms with Gasteiger partial charge in [-0.2, -0.15) is 0 Å². The van der Waals surface area contributed by atoms with Gasteiger partial charge in [0.25, 0.3) is 29.4 Å². The number of nitrogen functional groups attached to an aromatic ring is 1. The highest BCUT2D eigenvalue weighted by molar-refractivity contribution is 7.71. The lowest BCUT2D eigenvalue weighted by atomic mass is 10.1. The fourth-order valence-electron chi connectivity index (χ4n) is 4.39. The predicted molar refractivity (Wildman–Crippen MR) is 148 cm³/mol. The van der Waals surface area contributed by atoms with Gasteiger partial charge in [0.15, 0.2) is 16.8 Å². The van der Waals surface area contributed by atoms with Crippen molar-refractivity contribution in [3.63, 3.8) is 0 Å². The molecule has 5 N–H and O–H groups in total. The number of amides is 1. The lowest BCUT2D eigenvalue weighted by Crippen LogP contribution is -2.34. The van der Waals surface area contributed by atoms with Crippen LogP contribution in [0.25, 0.3) is 16.0 Å². The average molecular weight is 756 g/mol. The van der Waals surface area contributed by atoms with Crippen molar-refractivity contribution in [1.29, 1.82) is 0 Å². The summed E-state index contributed by atoms with van der Waals surface area (Å²) in [5, 5.41) is 3.68. The highest BCUT2D eigenvalue weighted by atomic mass is 32.1. The zero-order valence-electron chi connectivity index (χ0n) is 22.8. The first-order chi connectivity index (χ1) is 21.9. The molecule has 8 atom stereocenters. The molecule has 3 aromatic heterocycles. The molecular weight excluding hydrogens is 739 g/mol. The van der Waals surface area contributed by atoms with Gasteiger partial charge in [0, 0.05) is 0 Å². The fraction of sp³-hybridized carbons (Fsp3) is 0.368. The van der Waals surface area contributed by atoms with Crippen molar-refractivity contribution in [1.82, 2.24) is 19.5 Å². The van der Waals surface area contributed by atoms with Crippen LogP contribution in [0.3, 0.4) is 0 Å². The number of aromatic nitrogens is 4. The molecule has 2 aliphatic heterocycles. The molecule has 2 aliphatic rings. The van der Waals surface area contributed by atoms with E-state index in [1.807, 2.05) is 0 Å². The van der Waals surface area contributed by atoms with Crippen LogP contribution in [0.4, 0.5) is 17.3 Å². The van der Waals surface area contributed by atoms with Crippen molar-refractivity contribution in [3.05, 3.63) is 32.6 Å². The van der Waals surface area contributed by atoms with Crippen molar-refractivity contribution in [2.24, 2.45) is 0 Å². The number of methoxy groups -OCH3 is 1. The maximum atomic E-state index is 13.3. The van der Waals surface area contributed by atoms with E-state index in [2.05, 4.69) is 43.0 Å². The normalized spacial score (nSPS) is 26.1. The van der Waals surface area contributed by atoms with Gasteiger partial charge in [-0.25, -0.2) is 28.2 Å². The van der Waals surface area contributed by atoms with Crippen molar-refractivity contribution >= 4 is 87.4 Å². The van der Waals surface area contributed by atoms with Crippen LogP contribution in [-0.2, 0) is 50.6 Å². The van der Waals surface area contributed by atoms with Gasteiger partial charge in [0.1, 0.15) is 34.4 Å². The van der Waals surface area contributed by atoms with Crippen LogP contribution >= 0.6 is 47.0 Å². The summed E-state index contributed by atoms with van der Waals surface area (Å²) in [4.78, 5) is 82.4. The average Bonchev–Trinajstić information content (AvgIpc) is 3.72. The number of anilines is 2. The molecule has 3 aromatic rings. The number of nitrogens with one attached hydrogen (secondary N) is 2. The Morgan fingerprint density at radius 3 is 2.60 bits per heavy atom. The number of esters is 1. The third-order valence-corrected chi connectivity index (χ3v) is 11.0. The first-order valence-corrected chi connectivity index (χ1v) is 17.9. The minimum absolute atomic E-state index is 0.00253. The molecule has 0 radical (unpaired) electrons. The predicted octanol–water partition coefficient (Wildman–Crippen LogP) is -0.437. The van der Waals surface area contributed by atoms with Crippen LogP contribution in [0.2, 0.25) is 0 Å². The molecule has 7 unspecified atom stereocenters. The van der Waals surface area contributed by atoms with E-state index in [4.69, 9.17) is 43.6 Å². The van der Waals surface area contributed by atoms with E-state index in [9.17, 15) is 38.0 Å². The van der Waals surface area contributed by atoms with Crippen molar-refractivity contribution in [3.8, 4) is 0 Å². The largest absolute Gasteiger partial charge is 0.756 e. The first kappa shape index (κ1) is 35.3. The van der Waals surface area contributed by atoms with Crippen LogP contribution in [0.15, 0.2) is 11.7 Å².